The van der Waals surface area contributed by atoms with Crippen molar-refractivity contribution in [1.29, 1.82) is 0 Å². The first-order chi connectivity index (χ1) is 11.9. The van der Waals surface area contributed by atoms with Gasteiger partial charge in [-0.25, -0.2) is 0 Å². The zero-order valence-corrected chi connectivity index (χ0v) is 15.0. The number of carbonyl (C=O) groups excluding carboxylic acids is 2. The van der Waals surface area contributed by atoms with E-state index in [0.29, 0.717) is 11.3 Å². The molecule has 0 saturated heterocycles. The minimum Gasteiger partial charge on any atom is -0.378 e. The number of hydrogen-bond acceptors (Lipinski definition) is 4. The Morgan fingerprint density at radius 3 is 2.40 bits per heavy atom. The summed E-state index contributed by atoms with van der Waals surface area (Å²) in [6.07, 6.45) is 2.31. The van der Waals surface area contributed by atoms with Gasteiger partial charge in [0.1, 0.15) is 5.69 Å². The molecule has 6 nitrogen and oxygen atoms in total. The molecular formula is C19H24N4O2. The fourth-order valence-corrected chi connectivity index (χ4v) is 2.14. The Morgan fingerprint density at radius 2 is 1.80 bits per heavy atom. The highest BCUT2D eigenvalue weighted by Gasteiger charge is 2.13. The molecule has 132 valence electrons. The Hall–Kier alpha value is -2.89. The summed E-state index contributed by atoms with van der Waals surface area (Å²) in [5.41, 5.74) is 2.34. The van der Waals surface area contributed by atoms with Gasteiger partial charge in [-0.05, 0) is 49.7 Å². The summed E-state index contributed by atoms with van der Waals surface area (Å²) in [6, 6.07) is 10.7. The third kappa shape index (κ3) is 5.04. The maximum absolute atomic E-state index is 12.4. The summed E-state index contributed by atoms with van der Waals surface area (Å²) in [4.78, 5) is 30.6. The fraction of sp³-hybridized carbons (Fsp3) is 0.316. The van der Waals surface area contributed by atoms with Crippen LogP contribution in [-0.4, -0.2) is 36.9 Å². The van der Waals surface area contributed by atoms with Gasteiger partial charge >= 0.3 is 0 Å². The molecule has 2 amide bonds. The van der Waals surface area contributed by atoms with Gasteiger partial charge in [-0.3, -0.25) is 14.6 Å². The number of benzene rings is 1. The number of aromatic nitrogens is 1. The zero-order chi connectivity index (χ0) is 18.4. The first-order valence-corrected chi connectivity index (χ1v) is 8.26. The molecular weight excluding hydrogens is 316 g/mol. The van der Waals surface area contributed by atoms with Gasteiger partial charge in [-0.2, -0.15) is 0 Å². The normalized spacial score (nSPS) is 11.5. The molecule has 0 bridgehead atoms. The van der Waals surface area contributed by atoms with Crippen LogP contribution in [0.5, 0.6) is 0 Å². The Labute approximate surface area is 148 Å². The third-order valence-electron chi connectivity index (χ3n) is 3.89. The van der Waals surface area contributed by atoms with E-state index in [1.165, 1.54) is 12.3 Å². The maximum atomic E-state index is 12.4. The van der Waals surface area contributed by atoms with Crippen molar-refractivity contribution in [3.05, 3.63) is 53.9 Å². The van der Waals surface area contributed by atoms with E-state index in [9.17, 15) is 9.59 Å². The quantitative estimate of drug-likeness (QED) is 0.848. The van der Waals surface area contributed by atoms with Gasteiger partial charge in [0.15, 0.2) is 0 Å². The minimum atomic E-state index is -0.351. The second-order valence-electron chi connectivity index (χ2n) is 6.11. The first-order valence-electron chi connectivity index (χ1n) is 8.26. The predicted octanol–water partition coefficient (Wildman–Crippen LogP) is 2.93. The number of rotatable bonds is 6. The highest BCUT2D eigenvalue weighted by atomic mass is 16.2. The van der Waals surface area contributed by atoms with Crippen molar-refractivity contribution >= 4 is 23.2 Å². The number of anilines is 2. The molecule has 0 aliphatic heterocycles. The van der Waals surface area contributed by atoms with E-state index in [1.54, 1.807) is 6.07 Å². The number of nitrogens with zero attached hydrogens (tertiary/aromatic N) is 2. The van der Waals surface area contributed by atoms with Crippen molar-refractivity contribution < 1.29 is 9.59 Å². The molecule has 0 saturated carbocycles. The van der Waals surface area contributed by atoms with E-state index in [4.69, 9.17) is 0 Å². The van der Waals surface area contributed by atoms with Crippen molar-refractivity contribution in [3.8, 4) is 0 Å². The van der Waals surface area contributed by atoms with E-state index in [1.807, 2.05) is 57.1 Å². The van der Waals surface area contributed by atoms with E-state index in [0.717, 1.165) is 12.1 Å². The molecule has 0 aliphatic carbocycles. The maximum Gasteiger partial charge on any atom is 0.274 e. The second-order valence-corrected chi connectivity index (χ2v) is 6.11. The summed E-state index contributed by atoms with van der Waals surface area (Å²) >= 11 is 0. The Kier molecular flexibility index (Phi) is 6.11. The van der Waals surface area contributed by atoms with Gasteiger partial charge in [0, 0.05) is 43.3 Å². The SMILES string of the molecule is CCC(C)NC(=O)c1ccnc(C(=O)Nc2ccc(N(C)C)cc2)c1. The van der Waals surface area contributed by atoms with Crippen LogP contribution in [0.2, 0.25) is 0 Å². The van der Waals surface area contributed by atoms with Gasteiger partial charge in [0.25, 0.3) is 11.8 Å². The van der Waals surface area contributed by atoms with Crippen LogP contribution in [0.15, 0.2) is 42.6 Å². The zero-order valence-electron chi connectivity index (χ0n) is 15.0. The molecule has 1 unspecified atom stereocenters. The number of amides is 2. The highest BCUT2D eigenvalue weighted by molar-refractivity contribution is 6.04. The van der Waals surface area contributed by atoms with E-state index in [2.05, 4.69) is 15.6 Å². The fourth-order valence-electron chi connectivity index (χ4n) is 2.14. The average molecular weight is 340 g/mol. The molecule has 6 heteroatoms. The van der Waals surface area contributed by atoms with Crippen molar-refractivity contribution in [2.45, 2.75) is 26.3 Å². The molecule has 0 aliphatic rings. The van der Waals surface area contributed by atoms with Gasteiger partial charge in [-0.15, -0.1) is 0 Å². The van der Waals surface area contributed by atoms with Crippen LogP contribution in [0.4, 0.5) is 11.4 Å². The highest BCUT2D eigenvalue weighted by Crippen LogP contribution is 2.16. The van der Waals surface area contributed by atoms with Crippen LogP contribution >= 0.6 is 0 Å². The van der Waals surface area contributed by atoms with Crippen molar-refractivity contribution in [2.24, 2.45) is 0 Å². The van der Waals surface area contributed by atoms with Crippen LogP contribution in [-0.2, 0) is 0 Å². The Bertz CT molecular complexity index is 741. The third-order valence-corrected chi connectivity index (χ3v) is 3.89. The van der Waals surface area contributed by atoms with Gasteiger partial charge < -0.3 is 15.5 Å². The Morgan fingerprint density at radius 1 is 1.12 bits per heavy atom. The molecule has 1 atom stereocenters. The van der Waals surface area contributed by atoms with Crippen molar-refractivity contribution in [1.82, 2.24) is 10.3 Å². The van der Waals surface area contributed by atoms with Gasteiger partial charge in [0.2, 0.25) is 0 Å². The molecule has 0 fully saturated rings. The molecule has 1 aromatic carbocycles. The molecule has 0 radical (unpaired) electrons. The topological polar surface area (TPSA) is 74.3 Å². The van der Waals surface area contributed by atoms with E-state index < -0.39 is 0 Å². The standard InChI is InChI=1S/C19H24N4O2/c1-5-13(2)21-18(24)14-10-11-20-17(12-14)19(25)22-15-6-8-16(9-7-15)23(3)4/h6-13H,5H2,1-4H3,(H,21,24)(H,22,25). The molecule has 1 aromatic heterocycles. The van der Waals surface area contributed by atoms with Crippen LogP contribution in [0, 0.1) is 0 Å². The van der Waals surface area contributed by atoms with Crippen LogP contribution in [0.1, 0.15) is 41.1 Å². The Balaban J connectivity index is 2.09. The molecule has 1 heterocycles. The lowest BCUT2D eigenvalue weighted by Gasteiger charge is -2.13. The molecule has 2 aromatic rings. The lowest BCUT2D eigenvalue weighted by molar-refractivity contribution is 0.0939. The van der Waals surface area contributed by atoms with Crippen LogP contribution in [0.3, 0.4) is 0 Å². The number of nitrogens with one attached hydrogen (secondary N) is 2. The predicted molar refractivity (Wildman–Crippen MR) is 100 cm³/mol. The summed E-state index contributed by atoms with van der Waals surface area (Å²) in [5.74, 6) is -0.558. The summed E-state index contributed by atoms with van der Waals surface area (Å²) in [7, 11) is 3.90. The largest absolute Gasteiger partial charge is 0.378 e. The van der Waals surface area contributed by atoms with Crippen molar-refractivity contribution in [2.75, 3.05) is 24.3 Å². The number of pyridine rings is 1. The first kappa shape index (κ1) is 18.4. The summed E-state index contributed by atoms with van der Waals surface area (Å²) in [6.45, 7) is 3.93. The molecule has 2 rings (SSSR count). The van der Waals surface area contributed by atoms with Gasteiger partial charge in [0.05, 0.1) is 0 Å². The smallest absolute Gasteiger partial charge is 0.274 e. The lowest BCUT2D eigenvalue weighted by atomic mass is 10.2. The lowest BCUT2D eigenvalue weighted by Crippen LogP contribution is -2.32. The minimum absolute atomic E-state index is 0.0770. The van der Waals surface area contributed by atoms with Crippen molar-refractivity contribution in [3.63, 3.8) is 0 Å². The van der Waals surface area contributed by atoms with E-state index >= 15 is 0 Å². The van der Waals surface area contributed by atoms with E-state index in [-0.39, 0.29) is 23.6 Å². The van der Waals surface area contributed by atoms with Gasteiger partial charge in [-0.1, -0.05) is 6.92 Å². The summed E-state index contributed by atoms with van der Waals surface area (Å²) < 4.78 is 0. The number of carbonyl (C=O) groups is 2. The average Bonchev–Trinajstić information content (AvgIpc) is 2.62. The molecule has 2 N–H and O–H groups in total. The number of hydrogen-bond donors (Lipinski definition) is 2. The monoisotopic (exact) mass is 340 g/mol. The second kappa shape index (κ2) is 8.28. The summed E-state index contributed by atoms with van der Waals surface area (Å²) in [5, 5.41) is 5.67. The van der Waals surface area contributed by atoms with Crippen LogP contribution in [0.25, 0.3) is 0 Å². The molecule has 0 spiro atoms. The molecule has 25 heavy (non-hydrogen) atoms. The van der Waals surface area contributed by atoms with Crippen LogP contribution < -0.4 is 15.5 Å².